The van der Waals surface area contributed by atoms with Crippen molar-refractivity contribution in [3.05, 3.63) is 47.3 Å². The minimum atomic E-state index is -0.420. The Bertz CT molecular complexity index is 456. The highest BCUT2D eigenvalue weighted by Gasteiger charge is 2.26. The first kappa shape index (κ1) is 9.92. The maximum Gasteiger partial charge on any atom is 0.141 e. The molecule has 1 aromatic rings. The van der Waals surface area contributed by atoms with Crippen molar-refractivity contribution in [3.8, 4) is 6.07 Å². The van der Waals surface area contributed by atoms with E-state index in [-0.39, 0.29) is 11.0 Å². The van der Waals surface area contributed by atoms with Gasteiger partial charge in [-0.25, -0.2) is 4.39 Å². The smallest absolute Gasteiger partial charge is 0.141 e. The molecule has 0 spiro atoms. The molecule has 0 unspecified atom stereocenters. The van der Waals surface area contributed by atoms with Crippen molar-refractivity contribution in [1.29, 1.82) is 5.26 Å². The second-order valence-electron chi connectivity index (χ2n) is 4.16. The highest BCUT2D eigenvalue weighted by molar-refractivity contribution is 5.39. The minimum absolute atomic E-state index is 0.0607. The Kier molecular flexibility index (Phi) is 2.32. The average Bonchev–Trinajstić information content (AvgIpc) is 2.66. The lowest BCUT2D eigenvalue weighted by molar-refractivity contribution is 0.565. The predicted octanol–water partition coefficient (Wildman–Crippen LogP) is 3.31. The fourth-order valence-corrected chi connectivity index (χ4v) is 2.01. The predicted molar refractivity (Wildman–Crippen MR) is 56.8 cm³/mol. The highest BCUT2D eigenvalue weighted by Crippen LogP contribution is 2.35. The summed E-state index contributed by atoms with van der Waals surface area (Å²) in [7, 11) is 0. The van der Waals surface area contributed by atoms with Gasteiger partial charge in [0.15, 0.2) is 0 Å². The molecule has 1 aromatic carbocycles. The van der Waals surface area contributed by atoms with Crippen LogP contribution in [0.15, 0.2) is 30.4 Å². The van der Waals surface area contributed by atoms with Crippen LogP contribution in [0.3, 0.4) is 0 Å². The molecule has 0 bridgehead atoms. The third-order valence-electron chi connectivity index (χ3n) is 3.07. The normalized spacial score (nSPS) is 24.1. The Morgan fingerprint density at radius 1 is 1.47 bits per heavy atom. The van der Waals surface area contributed by atoms with E-state index in [1.807, 2.05) is 12.1 Å². The maximum atomic E-state index is 13.4. The van der Waals surface area contributed by atoms with Crippen LogP contribution >= 0.6 is 0 Å². The highest BCUT2D eigenvalue weighted by atomic mass is 19.1. The van der Waals surface area contributed by atoms with Gasteiger partial charge in [-0.1, -0.05) is 25.1 Å². The van der Waals surface area contributed by atoms with Gasteiger partial charge < -0.3 is 0 Å². The summed E-state index contributed by atoms with van der Waals surface area (Å²) in [6.07, 6.45) is 6.29. The lowest BCUT2D eigenvalue weighted by Gasteiger charge is -2.22. The lowest BCUT2D eigenvalue weighted by atomic mass is 9.82. The first-order valence-corrected chi connectivity index (χ1v) is 5.03. The Balaban J connectivity index is 2.43. The molecule has 0 aliphatic heterocycles. The van der Waals surface area contributed by atoms with Crippen LogP contribution in [-0.4, -0.2) is 0 Å². The molecule has 0 amide bonds. The number of benzene rings is 1. The molecule has 0 saturated heterocycles. The zero-order chi connectivity index (χ0) is 10.9. The van der Waals surface area contributed by atoms with Gasteiger partial charge in [-0.15, -0.1) is 0 Å². The molecule has 1 aliphatic rings. The number of nitrogens with zero attached hydrogens (tertiary/aromatic N) is 1. The van der Waals surface area contributed by atoms with Gasteiger partial charge in [0.2, 0.25) is 0 Å². The first-order valence-electron chi connectivity index (χ1n) is 5.03. The van der Waals surface area contributed by atoms with Crippen molar-refractivity contribution < 1.29 is 4.39 Å². The van der Waals surface area contributed by atoms with E-state index < -0.39 is 5.82 Å². The van der Waals surface area contributed by atoms with Gasteiger partial charge >= 0.3 is 0 Å². The van der Waals surface area contributed by atoms with Crippen LogP contribution in [0.4, 0.5) is 4.39 Å². The summed E-state index contributed by atoms with van der Waals surface area (Å²) >= 11 is 0. The van der Waals surface area contributed by atoms with Crippen LogP contribution in [0, 0.1) is 17.1 Å². The van der Waals surface area contributed by atoms with Crippen LogP contribution in [0.5, 0.6) is 0 Å². The molecule has 0 heterocycles. The van der Waals surface area contributed by atoms with Crippen molar-refractivity contribution >= 4 is 0 Å². The largest absolute Gasteiger partial charge is 0.206 e. The van der Waals surface area contributed by atoms with Gasteiger partial charge in [0.1, 0.15) is 11.9 Å². The molecule has 1 aliphatic carbocycles. The van der Waals surface area contributed by atoms with E-state index in [9.17, 15) is 4.39 Å². The number of halogens is 1. The topological polar surface area (TPSA) is 23.8 Å². The molecule has 0 aromatic heterocycles. The van der Waals surface area contributed by atoms with Crippen molar-refractivity contribution in [2.45, 2.75) is 25.2 Å². The third-order valence-corrected chi connectivity index (χ3v) is 3.07. The monoisotopic (exact) mass is 201 g/mol. The van der Waals surface area contributed by atoms with Crippen LogP contribution in [0.1, 0.15) is 30.9 Å². The van der Waals surface area contributed by atoms with E-state index in [0.29, 0.717) is 0 Å². The standard InChI is InChI=1S/C13H12FN/c1-13(6-2-3-7-13)11-5-4-10(9-15)12(14)8-11/h2,4-6,8H,3,7H2,1H3/t13-/m0/s1. The molecule has 0 saturated carbocycles. The summed E-state index contributed by atoms with van der Waals surface area (Å²) in [6, 6.07) is 6.72. The summed E-state index contributed by atoms with van der Waals surface area (Å²) in [5.41, 5.74) is 1.01. The molecule has 0 radical (unpaired) electrons. The molecular formula is C13H12FN. The molecule has 2 heteroatoms. The second-order valence-corrected chi connectivity index (χ2v) is 4.16. The number of allylic oxidation sites excluding steroid dienone is 2. The number of nitriles is 1. The van der Waals surface area contributed by atoms with E-state index in [2.05, 4.69) is 19.1 Å². The Morgan fingerprint density at radius 2 is 2.27 bits per heavy atom. The zero-order valence-corrected chi connectivity index (χ0v) is 8.63. The van der Waals surface area contributed by atoms with Crippen LogP contribution in [-0.2, 0) is 5.41 Å². The molecule has 0 N–H and O–H groups in total. The van der Waals surface area contributed by atoms with Crippen LogP contribution in [0.2, 0.25) is 0 Å². The van der Waals surface area contributed by atoms with E-state index >= 15 is 0 Å². The van der Waals surface area contributed by atoms with Gasteiger partial charge in [-0.3, -0.25) is 0 Å². The van der Waals surface area contributed by atoms with Crippen molar-refractivity contribution in [2.75, 3.05) is 0 Å². The molecule has 1 atom stereocenters. The number of rotatable bonds is 1. The Hall–Kier alpha value is -1.62. The van der Waals surface area contributed by atoms with Gasteiger partial charge in [0.25, 0.3) is 0 Å². The van der Waals surface area contributed by atoms with Gasteiger partial charge in [-0.2, -0.15) is 5.26 Å². The van der Waals surface area contributed by atoms with E-state index in [1.54, 1.807) is 6.07 Å². The number of hydrogen-bond donors (Lipinski definition) is 0. The summed E-state index contributed by atoms with van der Waals surface area (Å²) in [5.74, 6) is -0.420. The number of hydrogen-bond acceptors (Lipinski definition) is 1. The van der Waals surface area contributed by atoms with Crippen molar-refractivity contribution in [1.82, 2.24) is 0 Å². The first-order chi connectivity index (χ1) is 7.15. The van der Waals surface area contributed by atoms with Gasteiger partial charge in [0, 0.05) is 5.41 Å². The van der Waals surface area contributed by atoms with Crippen LogP contribution < -0.4 is 0 Å². The third kappa shape index (κ3) is 1.66. The average molecular weight is 201 g/mol. The maximum absolute atomic E-state index is 13.4. The second kappa shape index (κ2) is 3.51. The molecule has 76 valence electrons. The zero-order valence-electron chi connectivity index (χ0n) is 8.63. The SMILES string of the molecule is C[C@]1(c2ccc(C#N)c(F)c2)C=CCC1. The molecular weight excluding hydrogens is 189 g/mol. The fraction of sp³-hybridized carbons (Fsp3) is 0.308. The van der Waals surface area contributed by atoms with E-state index in [1.165, 1.54) is 6.07 Å². The molecule has 15 heavy (non-hydrogen) atoms. The van der Waals surface area contributed by atoms with E-state index in [0.717, 1.165) is 18.4 Å². The minimum Gasteiger partial charge on any atom is -0.206 e. The van der Waals surface area contributed by atoms with Gasteiger partial charge in [-0.05, 0) is 30.5 Å². The van der Waals surface area contributed by atoms with Gasteiger partial charge in [0.05, 0.1) is 5.56 Å². The van der Waals surface area contributed by atoms with E-state index in [4.69, 9.17) is 5.26 Å². The lowest BCUT2D eigenvalue weighted by Crippen LogP contribution is -2.15. The van der Waals surface area contributed by atoms with Crippen molar-refractivity contribution in [3.63, 3.8) is 0 Å². The Labute approximate surface area is 88.8 Å². The molecule has 2 rings (SSSR count). The van der Waals surface area contributed by atoms with Crippen LogP contribution in [0.25, 0.3) is 0 Å². The summed E-state index contributed by atoms with van der Waals surface area (Å²) in [6.45, 7) is 2.09. The summed E-state index contributed by atoms with van der Waals surface area (Å²) < 4.78 is 13.4. The summed E-state index contributed by atoms with van der Waals surface area (Å²) in [4.78, 5) is 0. The molecule has 0 fully saturated rings. The quantitative estimate of drug-likeness (QED) is 0.639. The fourth-order valence-electron chi connectivity index (χ4n) is 2.01. The molecule has 1 nitrogen and oxygen atoms in total. The summed E-state index contributed by atoms with van der Waals surface area (Å²) in [5, 5.41) is 8.63. The Morgan fingerprint density at radius 3 is 2.80 bits per heavy atom. The van der Waals surface area contributed by atoms with Crippen molar-refractivity contribution in [2.24, 2.45) is 0 Å².